The zero-order valence-electron chi connectivity index (χ0n) is 13.2. The summed E-state index contributed by atoms with van der Waals surface area (Å²) in [6, 6.07) is 6.29. The van der Waals surface area contributed by atoms with Gasteiger partial charge in [0.15, 0.2) is 5.96 Å². The topological polar surface area (TPSA) is 53.6 Å². The average molecular weight is 276 g/mol. The van der Waals surface area contributed by atoms with Gasteiger partial charge in [0.25, 0.3) is 0 Å². The highest BCUT2D eigenvalue weighted by Crippen LogP contribution is 2.13. The van der Waals surface area contributed by atoms with Crippen LogP contribution in [-0.4, -0.2) is 37.0 Å². The first kappa shape index (κ1) is 16.5. The Kier molecular flexibility index (Phi) is 7.09. The van der Waals surface area contributed by atoms with E-state index in [0.717, 1.165) is 38.3 Å². The van der Waals surface area contributed by atoms with E-state index in [1.165, 1.54) is 11.1 Å². The number of guanidine groups is 1. The van der Waals surface area contributed by atoms with Crippen molar-refractivity contribution in [1.82, 2.24) is 4.90 Å². The number of hydrogen-bond acceptors (Lipinski definition) is 2. The van der Waals surface area contributed by atoms with Gasteiger partial charge in [-0.05, 0) is 63.2 Å². The van der Waals surface area contributed by atoms with E-state index >= 15 is 0 Å². The minimum absolute atomic E-state index is 0.495. The molecule has 0 bridgehead atoms. The number of aliphatic imine (C=N–C) groups is 1. The van der Waals surface area contributed by atoms with Gasteiger partial charge in [-0.25, -0.2) is 0 Å². The monoisotopic (exact) mass is 276 g/mol. The summed E-state index contributed by atoms with van der Waals surface area (Å²) in [4.78, 5) is 6.77. The zero-order valence-corrected chi connectivity index (χ0v) is 13.2. The van der Waals surface area contributed by atoms with Gasteiger partial charge in [-0.1, -0.05) is 19.9 Å². The second kappa shape index (κ2) is 8.59. The maximum atomic E-state index is 5.91. The van der Waals surface area contributed by atoms with Gasteiger partial charge in [0.2, 0.25) is 0 Å². The molecule has 1 rings (SSSR count). The molecule has 20 heavy (non-hydrogen) atoms. The summed E-state index contributed by atoms with van der Waals surface area (Å²) in [5.41, 5.74) is 9.37. The van der Waals surface area contributed by atoms with E-state index in [-0.39, 0.29) is 0 Å². The van der Waals surface area contributed by atoms with E-state index in [9.17, 15) is 0 Å². The van der Waals surface area contributed by atoms with Crippen LogP contribution in [0.5, 0.6) is 0 Å². The van der Waals surface area contributed by atoms with Crippen molar-refractivity contribution in [2.24, 2.45) is 10.7 Å². The van der Waals surface area contributed by atoms with Crippen molar-refractivity contribution in [2.45, 2.75) is 34.1 Å². The number of benzene rings is 1. The van der Waals surface area contributed by atoms with Crippen molar-refractivity contribution >= 4 is 11.6 Å². The number of hydrogen-bond donors (Lipinski definition) is 2. The molecule has 0 saturated carbocycles. The fourth-order valence-electron chi connectivity index (χ4n) is 2.27. The van der Waals surface area contributed by atoms with E-state index in [4.69, 9.17) is 5.73 Å². The van der Waals surface area contributed by atoms with Crippen LogP contribution in [0, 0.1) is 13.8 Å². The highest BCUT2D eigenvalue weighted by Gasteiger charge is 1.99. The van der Waals surface area contributed by atoms with Crippen LogP contribution in [0.3, 0.4) is 0 Å². The molecule has 0 aliphatic rings. The molecule has 0 fully saturated rings. The summed E-state index contributed by atoms with van der Waals surface area (Å²) >= 11 is 0. The molecule has 0 aromatic heterocycles. The maximum Gasteiger partial charge on any atom is 0.193 e. The van der Waals surface area contributed by atoms with Crippen LogP contribution in [0.2, 0.25) is 0 Å². The van der Waals surface area contributed by atoms with Crippen molar-refractivity contribution in [3.05, 3.63) is 29.3 Å². The fourth-order valence-corrected chi connectivity index (χ4v) is 2.27. The molecule has 0 aliphatic heterocycles. The van der Waals surface area contributed by atoms with E-state index < -0.39 is 0 Å². The van der Waals surface area contributed by atoms with Crippen LogP contribution >= 0.6 is 0 Å². The minimum Gasteiger partial charge on any atom is -0.370 e. The molecule has 0 heterocycles. The Morgan fingerprint density at radius 3 is 2.30 bits per heavy atom. The van der Waals surface area contributed by atoms with Crippen LogP contribution in [0.1, 0.15) is 31.4 Å². The third-order valence-corrected chi connectivity index (χ3v) is 3.30. The Hall–Kier alpha value is -1.55. The highest BCUT2D eigenvalue weighted by molar-refractivity contribution is 5.92. The molecule has 0 unspecified atom stereocenters. The summed E-state index contributed by atoms with van der Waals surface area (Å²) in [7, 11) is 0. The van der Waals surface area contributed by atoms with Crippen molar-refractivity contribution in [1.29, 1.82) is 0 Å². The van der Waals surface area contributed by atoms with E-state index in [1.54, 1.807) is 0 Å². The van der Waals surface area contributed by atoms with Crippen LogP contribution in [0.25, 0.3) is 0 Å². The van der Waals surface area contributed by atoms with Gasteiger partial charge in [-0.3, -0.25) is 4.99 Å². The lowest BCUT2D eigenvalue weighted by molar-refractivity contribution is 0.302. The average Bonchev–Trinajstić information content (AvgIpc) is 2.37. The molecule has 0 spiro atoms. The quantitative estimate of drug-likeness (QED) is 0.457. The first-order valence-corrected chi connectivity index (χ1v) is 7.42. The second-order valence-corrected chi connectivity index (χ2v) is 5.15. The summed E-state index contributed by atoms with van der Waals surface area (Å²) in [6.07, 6.45) is 1.04. The van der Waals surface area contributed by atoms with E-state index in [0.29, 0.717) is 5.96 Å². The normalized spacial score (nSPS) is 11.9. The van der Waals surface area contributed by atoms with Gasteiger partial charge in [0.05, 0.1) is 0 Å². The van der Waals surface area contributed by atoms with E-state index in [2.05, 4.69) is 61.1 Å². The molecule has 1 aromatic rings. The number of nitrogens with one attached hydrogen (secondary N) is 1. The summed E-state index contributed by atoms with van der Waals surface area (Å²) < 4.78 is 0. The molecule has 112 valence electrons. The molecule has 0 amide bonds. The molecular weight excluding hydrogens is 248 g/mol. The van der Waals surface area contributed by atoms with Crippen molar-refractivity contribution in [2.75, 3.05) is 31.5 Å². The SMILES string of the molecule is CCN(CC)CCCN=C(N)Nc1cc(C)cc(C)c1. The molecule has 4 nitrogen and oxygen atoms in total. The number of aryl methyl sites for hydroxylation is 2. The Labute approximate surface area is 123 Å². The second-order valence-electron chi connectivity index (χ2n) is 5.15. The zero-order chi connectivity index (χ0) is 15.0. The smallest absolute Gasteiger partial charge is 0.193 e. The van der Waals surface area contributed by atoms with Crippen LogP contribution in [0.4, 0.5) is 5.69 Å². The number of nitrogens with zero attached hydrogens (tertiary/aromatic N) is 2. The first-order chi connectivity index (χ1) is 9.55. The Bertz CT molecular complexity index is 416. The molecule has 0 radical (unpaired) electrons. The van der Waals surface area contributed by atoms with Gasteiger partial charge in [0, 0.05) is 12.2 Å². The Balaban J connectivity index is 2.41. The summed E-state index contributed by atoms with van der Waals surface area (Å²) in [5.74, 6) is 0.495. The highest BCUT2D eigenvalue weighted by atomic mass is 15.1. The predicted octanol–water partition coefficient (Wildman–Crippen LogP) is 2.76. The van der Waals surface area contributed by atoms with Gasteiger partial charge in [0.1, 0.15) is 0 Å². The van der Waals surface area contributed by atoms with Crippen LogP contribution in [0.15, 0.2) is 23.2 Å². The standard InChI is InChI=1S/C16H28N4/c1-5-20(6-2)9-7-8-18-16(17)19-15-11-13(3)10-14(4)12-15/h10-12H,5-9H2,1-4H3,(H3,17,18,19). The molecule has 3 N–H and O–H groups in total. The van der Waals surface area contributed by atoms with Crippen LogP contribution < -0.4 is 11.1 Å². The number of anilines is 1. The molecule has 4 heteroatoms. The first-order valence-electron chi connectivity index (χ1n) is 7.42. The van der Waals surface area contributed by atoms with Gasteiger partial charge in [-0.2, -0.15) is 0 Å². The fraction of sp³-hybridized carbons (Fsp3) is 0.562. The summed E-state index contributed by atoms with van der Waals surface area (Å²) in [6.45, 7) is 12.6. The summed E-state index contributed by atoms with van der Waals surface area (Å²) in [5, 5.41) is 3.15. The molecule has 0 saturated heterocycles. The van der Waals surface area contributed by atoms with Crippen molar-refractivity contribution < 1.29 is 0 Å². The van der Waals surface area contributed by atoms with Gasteiger partial charge < -0.3 is 16.0 Å². The number of rotatable bonds is 7. The molecule has 0 aliphatic carbocycles. The lowest BCUT2D eigenvalue weighted by Crippen LogP contribution is -2.26. The lowest BCUT2D eigenvalue weighted by Gasteiger charge is -2.16. The Morgan fingerprint density at radius 1 is 1.15 bits per heavy atom. The van der Waals surface area contributed by atoms with Crippen molar-refractivity contribution in [3.8, 4) is 0 Å². The van der Waals surface area contributed by atoms with E-state index in [1.807, 2.05) is 0 Å². The third-order valence-electron chi connectivity index (χ3n) is 3.30. The largest absolute Gasteiger partial charge is 0.370 e. The molecule has 0 atom stereocenters. The predicted molar refractivity (Wildman–Crippen MR) is 88.4 cm³/mol. The maximum absolute atomic E-state index is 5.91. The Morgan fingerprint density at radius 2 is 1.75 bits per heavy atom. The lowest BCUT2D eigenvalue weighted by atomic mass is 10.1. The van der Waals surface area contributed by atoms with Gasteiger partial charge in [-0.15, -0.1) is 0 Å². The van der Waals surface area contributed by atoms with Gasteiger partial charge >= 0.3 is 0 Å². The van der Waals surface area contributed by atoms with Crippen LogP contribution in [-0.2, 0) is 0 Å². The molecule has 1 aromatic carbocycles. The van der Waals surface area contributed by atoms with Crippen molar-refractivity contribution in [3.63, 3.8) is 0 Å². The number of nitrogens with two attached hydrogens (primary N) is 1. The third kappa shape index (κ3) is 6.06. The molecular formula is C16H28N4. The minimum atomic E-state index is 0.495.